The van der Waals surface area contributed by atoms with Gasteiger partial charge < -0.3 is 37.4 Å². The number of aliphatic carboxylic acids is 2. The predicted octanol–water partition coefficient (Wildman–Crippen LogP) is -4.29. The van der Waals surface area contributed by atoms with E-state index in [0.717, 1.165) is 0 Å². The fourth-order valence-electron chi connectivity index (χ4n) is 1.43. The molecule has 12 heteroatoms. The molecule has 0 bridgehead atoms. The maximum absolute atomic E-state index is 11.8. The zero-order chi connectivity index (χ0) is 18.2. The Morgan fingerprint density at radius 3 is 1.83 bits per heavy atom. The zero-order valence-electron chi connectivity index (χ0n) is 11.9. The molecule has 0 aromatic heterocycles. The van der Waals surface area contributed by atoms with Gasteiger partial charge in [0.25, 0.3) is 0 Å². The lowest BCUT2D eigenvalue weighted by Gasteiger charge is -2.20. The minimum Gasteiger partial charge on any atom is -0.481 e. The molecule has 130 valence electrons. The van der Waals surface area contributed by atoms with Crippen LogP contribution in [0, 0.1) is 0 Å². The number of nitrogens with one attached hydrogen (secondary N) is 2. The van der Waals surface area contributed by atoms with Gasteiger partial charge in [0, 0.05) is 0 Å². The molecule has 3 atom stereocenters. The first kappa shape index (κ1) is 20.3. The molecule has 3 amide bonds. The summed E-state index contributed by atoms with van der Waals surface area (Å²) < 4.78 is 0. The predicted molar refractivity (Wildman–Crippen MR) is 72.6 cm³/mol. The van der Waals surface area contributed by atoms with Crippen LogP contribution in [0.5, 0.6) is 0 Å². The van der Waals surface area contributed by atoms with Crippen LogP contribution >= 0.6 is 0 Å². The summed E-state index contributed by atoms with van der Waals surface area (Å²) in [6, 6.07) is -4.72. The number of aliphatic hydroxyl groups excluding tert-OH is 1. The second-order valence-corrected chi connectivity index (χ2v) is 4.52. The number of hydrogen-bond acceptors (Lipinski definition) is 7. The van der Waals surface area contributed by atoms with Gasteiger partial charge in [-0.25, -0.2) is 4.79 Å². The molecule has 0 aromatic carbocycles. The largest absolute Gasteiger partial charge is 0.481 e. The first-order valence-corrected chi connectivity index (χ1v) is 6.28. The van der Waals surface area contributed by atoms with E-state index in [1.807, 2.05) is 10.6 Å². The minimum absolute atomic E-state index is 0.526. The Labute approximate surface area is 129 Å². The van der Waals surface area contributed by atoms with Crippen LogP contribution in [0.3, 0.4) is 0 Å². The summed E-state index contributed by atoms with van der Waals surface area (Å²) in [6.45, 7) is -0.935. The molecule has 0 aromatic rings. The lowest BCUT2D eigenvalue weighted by atomic mass is 10.1. The highest BCUT2D eigenvalue weighted by atomic mass is 16.4. The van der Waals surface area contributed by atoms with Crippen molar-refractivity contribution in [3.63, 3.8) is 0 Å². The van der Waals surface area contributed by atoms with Crippen LogP contribution in [0.25, 0.3) is 0 Å². The summed E-state index contributed by atoms with van der Waals surface area (Å²) in [5.74, 6) is -6.04. The van der Waals surface area contributed by atoms with Gasteiger partial charge in [-0.05, 0) is 0 Å². The highest BCUT2D eigenvalue weighted by molar-refractivity contribution is 5.95. The third-order valence-electron chi connectivity index (χ3n) is 2.57. The number of aliphatic hydroxyl groups is 1. The van der Waals surface area contributed by atoms with Gasteiger partial charge in [-0.15, -0.1) is 0 Å². The monoisotopic (exact) mass is 334 g/mol. The molecule has 0 radical (unpaired) electrons. The molecule has 23 heavy (non-hydrogen) atoms. The fourth-order valence-corrected chi connectivity index (χ4v) is 1.43. The first-order chi connectivity index (χ1) is 10.6. The zero-order valence-corrected chi connectivity index (χ0v) is 11.9. The van der Waals surface area contributed by atoms with Gasteiger partial charge in [0.1, 0.15) is 12.1 Å². The molecule has 0 aliphatic carbocycles. The van der Waals surface area contributed by atoms with Crippen LogP contribution in [-0.4, -0.2) is 69.7 Å². The highest BCUT2D eigenvalue weighted by Crippen LogP contribution is 1.97. The smallest absolute Gasteiger partial charge is 0.328 e. The van der Waals surface area contributed by atoms with Crippen molar-refractivity contribution in [1.29, 1.82) is 0 Å². The molecule has 0 unspecified atom stereocenters. The molecule has 0 heterocycles. The summed E-state index contributed by atoms with van der Waals surface area (Å²) in [6.07, 6.45) is -1.39. The van der Waals surface area contributed by atoms with E-state index in [1.165, 1.54) is 0 Å². The van der Waals surface area contributed by atoms with Crippen LogP contribution in [0.4, 0.5) is 0 Å². The lowest BCUT2D eigenvalue weighted by molar-refractivity contribution is -0.144. The summed E-state index contributed by atoms with van der Waals surface area (Å²) >= 11 is 0. The van der Waals surface area contributed by atoms with E-state index < -0.39 is 67.2 Å². The van der Waals surface area contributed by atoms with Gasteiger partial charge in [0.05, 0.1) is 25.5 Å². The van der Waals surface area contributed by atoms with Crippen molar-refractivity contribution < 1.29 is 39.3 Å². The number of carboxylic acid groups (broad SMARTS) is 2. The van der Waals surface area contributed by atoms with Crippen LogP contribution in [-0.2, 0) is 24.0 Å². The summed E-state index contributed by atoms with van der Waals surface area (Å²) in [7, 11) is 0. The molecule has 0 aliphatic heterocycles. The molecule has 9 N–H and O–H groups in total. The van der Waals surface area contributed by atoms with Gasteiger partial charge in [-0.2, -0.15) is 0 Å². The van der Waals surface area contributed by atoms with Crippen molar-refractivity contribution in [2.24, 2.45) is 11.5 Å². The number of carboxylic acids is 2. The Morgan fingerprint density at radius 1 is 0.913 bits per heavy atom. The lowest BCUT2D eigenvalue weighted by Crippen LogP contribution is -2.56. The van der Waals surface area contributed by atoms with Gasteiger partial charge in [-0.1, -0.05) is 0 Å². The number of carbonyl (C=O) groups excluding carboxylic acids is 3. The van der Waals surface area contributed by atoms with E-state index in [9.17, 15) is 24.0 Å². The van der Waals surface area contributed by atoms with Gasteiger partial charge >= 0.3 is 11.9 Å². The quantitative estimate of drug-likeness (QED) is 0.205. The maximum Gasteiger partial charge on any atom is 0.328 e. The number of amides is 3. The van der Waals surface area contributed by atoms with E-state index in [1.54, 1.807) is 0 Å². The van der Waals surface area contributed by atoms with E-state index in [2.05, 4.69) is 0 Å². The molecule has 0 aliphatic rings. The van der Waals surface area contributed by atoms with Crippen molar-refractivity contribution in [3.8, 4) is 0 Å². The van der Waals surface area contributed by atoms with Crippen molar-refractivity contribution >= 4 is 29.7 Å². The van der Waals surface area contributed by atoms with E-state index in [-0.39, 0.29) is 0 Å². The summed E-state index contributed by atoms with van der Waals surface area (Å²) in [5, 5.41) is 30.1. The van der Waals surface area contributed by atoms with Crippen molar-refractivity contribution in [3.05, 3.63) is 0 Å². The standard InChI is InChI=1S/C11H18N4O8/c12-4(1-7(13)17)9(20)14-5(2-8(18)19)10(21)15-6(3-16)11(22)23/h4-6,16H,1-3,12H2,(H2,13,17)(H,14,20)(H,15,21)(H,18,19)(H,22,23)/t4-,5-,6-/m0/s1. The molecule has 12 nitrogen and oxygen atoms in total. The third kappa shape index (κ3) is 7.73. The van der Waals surface area contributed by atoms with E-state index in [0.29, 0.717) is 0 Å². The summed E-state index contributed by atoms with van der Waals surface area (Å²) in [5.41, 5.74) is 10.2. The minimum atomic E-state index is -1.67. The average Bonchev–Trinajstić information content (AvgIpc) is 2.41. The molecular formula is C11H18N4O8. The van der Waals surface area contributed by atoms with Gasteiger partial charge in [-0.3, -0.25) is 19.2 Å². The number of nitrogens with two attached hydrogens (primary N) is 2. The Hall–Kier alpha value is -2.73. The average molecular weight is 334 g/mol. The summed E-state index contributed by atoms with van der Waals surface area (Å²) in [4.78, 5) is 55.6. The first-order valence-electron chi connectivity index (χ1n) is 6.28. The SMILES string of the molecule is NC(=O)C[C@H](N)C(=O)N[C@@H](CC(=O)O)C(=O)N[C@@H](CO)C(=O)O. The van der Waals surface area contributed by atoms with Crippen molar-refractivity contribution in [2.75, 3.05) is 6.61 Å². The second-order valence-electron chi connectivity index (χ2n) is 4.52. The van der Waals surface area contributed by atoms with E-state index >= 15 is 0 Å². The second kappa shape index (κ2) is 9.32. The molecule has 0 fully saturated rings. The Kier molecular flexibility index (Phi) is 8.21. The Morgan fingerprint density at radius 2 is 1.43 bits per heavy atom. The van der Waals surface area contributed by atoms with Crippen molar-refractivity contribution in [2.45, 2.75) is 31.0 Å². The van der Waals surface area contributed by atoms with Crippen LogP contribution < -0.4 is 22.1 Å². The van der Waals surface area contributed by atoms with Crippen molar-refractivity contribution in [1.82, 2.24) is 10.6 Å². The maximum atomic E-state index is 11.8. The molecule has 0 spiro atoms. The third-order valence-corrected chi connectivity index (χ3v) is 2.57. The van der Waals surface area contributed by atoms with Crippen LogP contribution in [0.2, 0.25) is 0 Å². The number of carbonyl (C=O) groups is 5. The number of hydrogen-bond donors (Lipinski definition) is 7. The number of primary amides is 1. The van der Waals surface area contributed by atoms with Crippen LogP contribution in [0.1, 0.15) is 12.8 Å². The van der Waals surface area contributed by atoms with Gasteiger partial charge in [0.15, 0.2) is 0 Å². The van der Waals surface area contributed by atoms with Crippen LogP contribution in [0.15, 0.2) is 0 Å². The van der Waals surface area contributed by atoms with Gasteiger partial charge in [0.2, 0.25) is 17.7 Å². The van der Waals surface area contributed by atoms with E-state index in [4.69, 9.17) is 26.8 Å². The Bertz CT molecular complexity index is 494. The fraction of sp³-hybridized carbons (Fsp3) is 0.545. The number of rotatable bonds is 10. The molecule has 0 saturated carbocycles. The molecule has 0 rings (SSSR count). The Balaban J connectivity index is 4.96. The normalized spacial score (nSPS) is 14.2. The molecular weight excluding hydrogens is 316 g/mol. The molecule has 0 saturated heterocycles. The topological polar surface area (TPSA) is 222 Å². The highest BCUT2D eigenvalue weighted by Gasteiger charge is 2.29.